The largest absolute Gasteiger partial charge is 0.497 e. The lowest BCUT2D eigenvalue weighted by Crippen LogP contribution is -2.35. The van der Waals surface area contributed by atoms with Gasteiger partial charge in [0, 0.05) is 18.3 Å². The monoisotopic (exact) mass is 293 g/mol. The highest BCUT2D eigenvalue weighted by Crippen LogP contribution is 2.16. The third-order valence-electron chi connectivity index (χ3n) is 3.35. The van der Waals surface area contributed by atoms with Crippen molar-refractivity contribution >= 4 is 11.7 Å². The van der Waals surface area contributed by atoms with Gasteiger partial charge in [-0.05, 0) is 38.1 Å². The van der Waals surface area contributed by atoms with Crippen LogP contribution in [-0.4, -0.2) is 45.5 Å². The quantitative estimate of drug-likeness (QED) is 0.697. The van der Waals surface area contributed by atoms with Crippen molar-refractivity contribution in [1.29, 1.82) is 0 Å². The van der Waals surface area contributed by atoms with E-state index >= 15 is 0 Å². The number of carbonyl (C=O) groups excluding carboxylic acids is 1. The van der Waals surface area contributed by atoms with Gasteiger partial charge in [-0.2, -0.15) is 0 Å². The van der Waals surface area contributed by atoms with E-state index in [0.29, 0.717) is 30.7 Å². The number of rotatable bonds is 6. The van der Waals surface area contributed by atoms with Crippen molar-refractivity contribution in [3.05, 3.63) is 24.3 Å². The van der Waals surface area contributed by atoms with E-state index in [0.717, 1.165) is 25.9 Å². The van der Waals surface area contributed by atoms with Crippen LogP contribution in [0.15, 0.2) is 24.3 Å². The van der Waals surface area contributed by atoms with Gasteiger partial charge in [0.05, 0.1) is 19.8 Å². The Morgan fingerprint density at radius 2 is 2.19 bits per heavy atom. The van der Waals surface area contributed by atoms with E-state index in [9.17, 15) is 4.79 Å². The summed E-state index contributed by atoms with van der Waals surface area (Å²) >= 11 is 0. The maximum Gasteiger partial charge on any atom is 0.319 e. The van der Waals surface area contributed by atoms with Crippen molar-refractivity contribution in [3.63, 3.8) is 0 Å². The van der Waals surface area contributed by atoms with Crippen LogP contribution in [0.5, 0.6) is 5.75 Å². The Kier molecular flexibility index (Phi) is 6.30. The number of urea groups is 1. The summed E-state index contributed by atoms with van der Waals surface area (Å²) in [7, 11) is 1.59. The maximum atomic E-state index is 11.7. The van der Waals surface area contributed by atoms with E-state index in [4.69, 9.17) is 9.47 Å². The van der Waals surface area contributed by atoms with Crippen molar-refractivity contribution in [3.8, 4) is 5.75 Å². The molecule has 3 N–H and O–H groups in total. The average molecular weight is 293 g/mol. The molecule has 1 aromatic rings. The molecule has 1 aliphatic heterocycles. The molecule has 0 atom stereocenters. The van der Waals surface area contributed by atoms with Gasteiger partial charge in [-0.15, -0.1) is 0 Å². The fraction of sp³-hybridized carbons (Fsp3) is 0.533. The predicted molar refractivity (Wildman–Crippen MR) is 81.9 cm³/mol. The topological polar surface area (TPSA) is 71.6 Å². The molecule has 1 aromatic carbocycles. The molecule has 0 unspecified atom stereocenters. The molecule has 0 radical (unpaired) electrons. The van der Waals surface area contributed by atoms with E-state index in [1.54, 1.807) is 13.2 Å². The zero-order chi connectivity index (χ0) is 14.9. The molecule has 0 bridgehead atoms. The Balaban J connectivity index is 1.62. The SMILES string of the molecule is COc1cccc(NC(=O)NCCOC2CCNCC2)c1. The van der Waals surface area contributed by atoms with Crippen LogP contribution in [0.4, 0.5) is 10.5 Å². The normalized spacial score (nSPS) is 15.5. The molecular weight excluding hydrogens is 270 g/mol. The third kappa shape index (κ3) is 5.61. The number of hydrogen-bond acceptors (Lipinski definition) is 4. The molecular formula is C15H23N3O3. The molecule has 1 fully saturated rings. The van der Waals surface area contributed by atoms with Crippen molar-refractivity contribution in [2.45, 2.75) is 18.9 Å². The summed E-state index contributed by atoms with van der Waals surface area (Å²) in [6.07, 6.45) is 2.39. The standard InChI is InChI=1S/C15H23N3O3/c1-20-14-4-2-3-12(11-14)18-15(19)17-9-10-21-13-5-7-16-8-6-13/h2-4,11,13,16H,5-10H2,1H3,(H2,17,18,19). The van der Waals surface area contributed by atoms with Crippen LogP contribution in [0.1, 0.15) is 12.8 Å². The average Bonchev–Trinajstić information content (AvgIpc) is 2.53. The van der Waals surface area contributed by atoms with E-state index in [2.05, 4.69) is 16.0 Å². The van der Waals surface area contributed by atoms with E-state index in [1.807, 2.05) is 18.2 Å². The van der Waals surface area contributed by atoms with E-state index in [1.165, 1.54) is 0 Å². The van der Waals surface area contributed by atoms with Crippen LogP contribution in [0, 0.1) is 0 Å². The first-order valence-corrected chi connectivity index (χ1v) is 7.29. The van der Waals surface area contributed by atoms with Crippen molar-refractivity contribution in [2.24, 2.45) is 0 Å². The summed E-state index contributed by atoms with van der Waals surface area (Å²) < 4.78 is 10.8. The van der Waals surface area contributed by atoms with Gasteiger partial charge in [-0.3, -0.25) is 0 Å². The van der Waals surface area contributed by atoms with Gasteiger partial charge in [-0.1, -0.05) is 6.07 Å². The minimum absolute atomic E-state index is 0.239. The van der Waals surface area contributed by atoms with Crippen LogP contribution >= 0.6 is 0 Å². The van der Waals surface area contributed by atoms with Gasteiger partial charge < -0.3 is 25.4 Å². The van der Waals surface area contributed by atoms with Gasteiger partial charge >= 0.3 is 6.03 Å². The van der Waals surface area contributed by atoms with E-state index < -0.39 is 0 Å². The molecule has 0 spiro atoms. The van der Waals surface area contributed by atoms with Gasteiger partial charge in [0.2, 0.25) is 0 Å². The second kappa shape index (κ2) is 8.49. The summed E-state index contributed by atoms with van der Waals surface area (Å²) in [5.41, 5.74) is 0.700. The van der Waals surface area contributed by atoms with Gasteiger partial charge in [0.1, 0.15) is 5.75 Å². The number of anilines is 1. The first kappa shape index (κ1) is 15.6. The van der Waals surface area contributed by atoms with Crippen LogP contribution in [-0.2, 0) is 4.74 Å². The van der Waals surface area contributed by atoms with Crippen LogP contribution < -0.4 is 20.7 Å². The molecule has 0 saturated carbocycles. The predicted octanol–water partition coefficient (Wildman–Crippen LogP) is 1.59. The Labute approximate surface area is 125 Å². The summed E-state index contributed by atoms with van der Waals surface area (Å²) in [6.45, 7) is 3.05. The highest BCUT2D eigenvalue weighted by Gasteiger charge is 2.12. The molecule has 6 heteroatoms. The van der Waals surface area contributed by atoms with Crippen LogP contribution in [0.25, 0.3) is 0 Å². The number of hydrogen-bond donors (Lipinski definition) is 3. The first-order chi connectivity index (χ1) is 10.3. The van der Waals surface area contributed by atoms with Gasteiger partial charge in [0.25, 0.3) is 0 Å². The first-order valence-electron chi connectivity index (χ1n) is 7.29. The van der Waals surface area contributed by atoms with Gasteiger partial charge in [0.15, 0.2) is 0 Å². The number of amides is 2. The van der Waals surface area contributed by atoms with Crippen molar-refractivity contribution in [1.82, 2.24) is 10.6 Å². The van der Waals surface area contributed by atoms with Gasteiger partial charge in [-0.25, -0.2) is 4.79 Å². The minimum atomic E-state index is -0.239. The Morgan fingerprint density at radius 1 is 1.38 bits per heavy atom. The molecule has 0 aromatic heterocycles. The Bertz CT molecular complexity index is 448. The second-order valence-corrected chi connectivity index (χ2v) is 4.93. The number of piperidine rings is 1. The molecule has 6 nitrogen and oxygen atoms in total. The maximum absolute atomic E-state index is 11.7. The van der Waals surface area contributed by atoms with Crippen LogP contribution in [0.3, 0.4) is 0 Å². The lowest BCUT2D eigenvalue weighted by atomic mass is 10.1. The second-order valence-electron chi connectivity index (χ2n) is 4.93. The summed E-state index contributed by atoms with van der Waals surface area (Å²) in [4.78, 5) is 11.7. The Morgan fingerprint density at radius 3 is 2.95 bits per heavy atom. The molecule has 2 rings (SSSR count). The Hall–Kier alpha value is -1.79. The van der Waals surface area contributed by atoms with Crippen molar-refractivity contribution in [2.75, 3.05) is 38.7 Å². The lowest BCUT2D eigenvalue weighted by Gasteiger charge is -2.22. The highest BCUT2D eigenvalue weighted by atomic mass is 16.5. The van der Waals surface area contributed by atoms with Crippen molar-refractivity contribution < 1.29 is 14.3 Å². The fourth-order valence-electron chi connectivity index (χ4n) is 2.23. The van der Waals surface area contributed by atoms with Crippen LogP contribution in [0.2, 0.25) is 0 Å². The van der Waals surface area contributed by atoms with E-state index in [-0.39, 0.29) is 6.03 Å². The number of benzene rings is 1. The smallest absolute Gasteiger partial charge is 0.319 e. The zero-order valence-electron chi connectivity index (χ0n) is 12.4. The lowest BCUT2D eigenvalue weighted by molar-refractivity contribution is 0.0358. The fourth-order valence-corrected chi connectivity index (χ4v) is 2.23. The third-order valence-corrected chi connectivity index (χ3v) is 3.35. The number of carbonyl (C=O) groups is 1. The molecule has 1 saturated heterocycles. The molecule has 116 valence electrons. The molecule has 2 amide bonds. The number of nitrogens with one attached hydrogen (secondary N) is 3. The summed E-state index contributed by atoms with van der Waals surface area (Å²) in [6, 6.07) is 7.00. The summed E-state index contributed by atoms with van der Waals surface area (Å²) in [5.74, 6) is 0.710. The molecule has 1 heterocycles. The molecule has 0 aliphatic carbocycles. The zero-order valence-corrected chi connectivity index (χ0v) is 12.4. The minimum Gasteiger partial charge on any atom is -0.497 e. The highest BCUT2D eigenvalue weighted by molar-refractivity contribution is 5.89. The molecule has 21 heavy (non-hydrogen) atoms. The summed E-state index contributed by atoms with van der Waals surface area (Å²) in [5, 5.41) is 8.83. The number of methoxy groups -OCH3 is 1. The number of ether oxygens (including phenoxy) is 2. The molecule has 1 aliphatic rings.